The normalized spacial score (nSPS) is 28.8. The van der Waals surface area contributed by atoms with Gasteiger partial charge in [0, 0.05) is 6.07 Å². The highest BCUT2D eigenvalue weighted by Crippen LogP contribution is 2.45. The van der Waals surface area contributed by atoms with Crippen LogP contribution in [0.3, 0.4) is 0 Å². The Kier molecular flexibility index (Phi) is 6.58. The molecule has 2 aliphatic carbocycles. The second kappa shape index (κ2) is 8.64. The highest BCUT2D eigenvalue weighted by atomic mass is 19.4. The summed E-state index contributed by atoms with van der Waals surface area (Å²) >= 11 is 0. The summed E-state index contributed by atoms with van der Waals surface area (Å²) in [6.45, 7) is 2.25. The van der Waals surface area contributed by atoms with Crippen molar-refractivity contribution in [3.05, 3.63) is 24.0 Å². The smallest absolute Gasteiger partial charge is 0.432 e. The predicted molar refractivity (Wildman–Crippen MR) is 95.2 cm³/mol. The minimum Gasteiger partial charge on any atom is -0.432 e. The van der Waals surface area contributed by atoms with Crippen LogP contribution >= 0.6 is 0 Å². The molecule has 0 amide bonds. The van der Waals surface area contributed by atoms with Crippen molar-refractivity contribution in [3.8, 4) is 11.5 Å². The molecule has 0 atom stereocenters. The number of alkyl halides is 5. The number of hydrogen-bond acceptors (Lipinski definition) is 2. The molecule has 3 rings (SSSR count). The largest absolute Gasteiger partial charge is 0.573 e. The van der Waals surface area contributed by atoms with Crippen LogP contribution in [0.1, 0.15) is 58.3 Å². The van der Waals surface area contributed by atoms with Gasteiger partial charge in [-0.05, 0) is 68.4 Å². The summed E-state index contributed by atoms with van der Waals surface area (Å²) in [4.78, 5) is 0. The Labute approximate surface area is 166 Å². The predicted octanol–water partition coefficient (Wildman–Crippen LogP) is 7.33. The summed E-state index contributed by atoms with van der Waals surface area (Å²) in [5.41, 5.74) is 0. The van der Waals surface area contributed by atoms with Crippen molar-refractivity contribution >= 4 is 0 Å². The summed E-state index contributed by atoms with van der Waals surface area (Å²) in [6.07, 6.45) is -1.78. The second-order valence-corrected chi connectivity index (χ2v) is 8.44. The SMILES string of the molecule is CC1CCC(C2CCC(C(F)(F)Oc3ccc(OC(F)(F)F)c(F)c3)CC2)CC1. The lowest BCUT2D eigenvalue weighted by molar-refractivity contribution is -0.275. The molecule has 0 saturated heterocycles. The van der Waals surface area contributed by atoms with E-state index in [9.17, 15) is 26.3 Å². The summed E-state index contributed by atoms with van der Waals surface area (Å²) in [6, 6.07) is 1.98. The molecular formula is C21H26F6O2. The van der Waals surface area contributed by atoms with E-state index in [-0.39, 0.29) is 0 Å². The van der Waals surface area contributed by atoms with Gasteiger partial charge in [0.2, 0.25) is 0 Å². The molecule has 0 radical (unpaired) electrons. The Morgan fingerprint density at radius 3 is 1.86 bits per heavy atom. The molecule has 0 aliphatic heterocycles. The molecule has 2 fully saturated rings. The molecule has 0 heterocycles. The van der Waals surface area contributed by atoms with E-state index in [4.69, 9.17) is 4.74 Å². The maximum atomic E-state index is 14.6. The van der Waals surface area contributed by atoms with Gasteiger partial charge in [0.05, 0.1) is 5.92 Å². The van der Waals surface area contributed by atoms with Gasteiger partial charge in [0.1, 0.15) is 5.75 Å². The topological polar surface area (TPSA) is 18.5 Å². The number of hydrogen-bond donors (Lipinski definition) is 0. The third-order valence-electron chi connectivity index (χ3n) is 6.36. The van der Waals surface area contributed by atoms with Gasteiger partial charge < -0.3 is 9.47 Å². The molecule has 0 aromatic heterocycles. The van der Waals surface area contributed by atoms with Crippen molar-refractivity contribution < 1.29 is 35.8 Å². The monoisotopic (exact) mass is 424 g/mol. The van der Waals surface area contributed by atoms with E-state index in [1.807, 2.05) is 0 Å². The van der Waals surface area contributed by atoms with E-state index in [0.717, 1.165) is 37.7 Å². The molecule has 164 valence electrons. The zero-order valence-corrected chi connectivity index (χ0v) is 16.3. The standard InChI is InChI=1S/C21H26F6O2/c1-13-2-4-14(5-3-13)15-6-8-16(9-7-15)20(23,24)28-17-10-11-19(18(22)12-17)29-21(25,26)27/h10-16H,2-9H2,1H3. The first-order valence-electron chi connectivity index (χ1n) is 10.2. The maximum Gasteiger partial charge on any atom is 0.573 e. The van der Waals surface area contributed by atoms with E-state index in [1.165, 1.54) is 12.8 Å². The van der Waals surface area contributed by atoms with Crippen LogP contribution in [0, 0.1) is 29.5 Å². The van der Waals surface area contributed by atoms with Gasteiger partial charge in [0.15, 0.2) is 11.6 Å². The lowest BCUT2D eigenvalue weighted by atomic mass is 9.69. The fourth-order valence-corrected chi connectivity index (χ4v) is 4.68. The van der Waals surface area contributed by atoms with Crippen molar-refractivity contribution in [2.75, 3.05) is 0 Å². The Hall–Kier alpha value is -1.60. The first-order chi connectivity index (χ1) is 13.5. The summed E-state index contributed by atoms with van der Waals surface area (Å²) in [7, 11) is 0. The number of benzene rings is 1. The summed E-state index contributed by atoms with van der Waals surface area (Å²) in [5.74, 6) is -2.20. The van der Waals surface area contributed by atoms with Crippen molar-refractivity contribution in [1.82, 2.24) is 0 Å². The van der Waals surface area contributed by atoms with Crippen LogP contribution in [0.4, 0.5) is 26.3 Å². The molecule has 2 nitrogen and oxygen atoms in total. The highest BCUT2D eigenvalue weighted by molar-refractivity contribution is 5.33. The minimum absolute atomic E-state index is 0.321. The van der Waals surface area contributed by atoms with Gasteiger partial charge in [-0.3, -0.25) is 0 Å². The first-order valence-corrected chi connectivity index (χ1v) is 10.2. The van der Waals surface area contributed by atoms with Crippen molar-refractivity contribution in [3.63, 3.8) is 0 Å². The van der Waals surface area contributed by atoms with E-state index in [1.54, 1.807) is 0 Å². The van der Waals surface area contributed by atoms with Crippen LogP contribution in [-0.4, -0.2) is 12.5 Å². The molecule has 0 unspecified atom stereocenters. The van der Waals surface area contributed by atoms with Gasteiger partial charge in [-0.2, -0.15) is 8.78 Å². The maximum absolute atomic E-state index is 14.6. The highest BCUT2D eigenvalue weighted by Gasteiger charge is 2.45. The second-order valence-electron chi connectivity index (χ2n) is 8.44. The van der Waals surface area contributed by atoms with Crippen LogP contribution in [0.15, 0.2) is 18.2 Å². The van der Waals surface area contributed by atoms with Gasteiger partial charge in [-0.15, -0.1) is 13.2 Å². The zero-order valence-electron chi connectivity index (χ0n) is 16.3. The Morgan fingerprint density at radius 1 is 0.793 bits per heavy atom. The average molecular weight is 424 g/mol. The van der Waals surface area contributed by atoms with Crippen LogP contribution in [-0.2, 0) is 0 Å². The quantitative estimate of drug-likeness (QED) is 0.461. The van der Waals surface area contributed by atoms with E-state index >= 15 is 0 Å². The van der Waals surface area contributed by atoms with E-state index < -0.39 is 35.7 Å². The van der Waals surface area contributed by atoms with Gasteiger partial charge in [0.25, 0.3) is 0 Å². The Morgan fingerprint density at radius 2 is 1.34 bits per heavy atom. The zero-order chi connectivity index (χ0) is 21.2. The van der Waals surface area contributed by atoms with Gasteiger partial charge in [-0.25, -0.2) is 4.39 Å². The van der Waals surface area contributed by atoms with Gasteiger partial charge in [-0.1, -0.05) is 19.8 Å². The molecule has 1 aromatic rings. The molecule has 1 aromatic carbocycles. The van der Waals surface area contributed by atoms with Crippen LogP contribution in [0.2, 0.25) is 0 Å². The molecule has 0 bridgehead atoms. The Bertz CT molecular complexity index is 674. The number of ether oxygens (including phenoxy) is 2. The van der Waals surface area contributed by atoms with Crippen LogP contribution in [0.25, 0.3) is 0 Å². The molecule has 8 heteroatoms. The number of halogens is 6. The first kappa shape index (κ1) is 22.1. The van der Waals surface area contributed by atoms with Crippen molar-refractivity contribution in [1.29, 1.82) is 0 Å². The fraction of sp³-hybridized carbons (Fsp3) is 0.714. The third kappa shape index (κ3) is 5.95. The third-order valence-corrected chi connectivity index (χ3v) is 6.36. The molecule has 2 saturated carbocycles. The molecule has 0 spiro atoms. The average Bonchev–Trinajstić information content (AvgIpc) is 2.63. The molecule has 29 heavy (non-hydrogen) atoms. The van der Waals surface area contributed by atoms with Gasteiger partial charge >= 0.3 is 12.5 Å². The summed E-state index contributed by atoms with van der Waals surface area (Å²) < 4.78 is 87.6. The van der Waals surface area contributed by atoms with Crippen LogP contribution in [0.5, 0.6) is 11.5 Å². The van der Waals surface area contributed by atoms with Crippen molar-refractivity contribution in [2.45, 2.75) is 70.8 Å². The fourth-order valence-electron chi connectivity index (χ4n) is 4.68. The van der Waals surface area contributed by atoms with Crippen molar-refractivity contribution in [2.24, 2.45) is 23.7 Å². The molecule has 0 N–H and O–H groups in total. The Balaban J connectivity index is 1.55. The lowest BCUT2D eigenvalue weighted by Crippen LogP contribution is -2.38. The number of rotatable bonds is 5. The molecule has 2 aliphatic rings. The van der Waals surface area contributed by atoms with Crippen LogP contribution < -0.4 is 9.47 Å². The molecular weight excluding hydrogens is 398 g/mol. The van der Waals surface area contributed by atoms with E-state index in [2.05, 4.69) is 11.7 Å². The lowest BCUT2D eigenvalue weighted by Gasteiger charge is -2.38. The van der Waals surface area contributed by atoms with E-state index in [0.29, 0.717) is 36.8 Å². The minimum atomic E-state index is -5.07. The summed E-state index contributed by atoms with van der Waals surface area (Å²) in [5, 5.41) is 0.